The summed E-state index contributed by atoms with van der Waals surface area (Å²) in [5.74, 6) is 1.78. The van der Waals surface area contributed by atoms with Crippen LogP contribution in [-0.4, -0.2) is 16.5 Å². The van der Waals surface area contributed by atoms with Gasteiger partial charge < -0.3 is 14.7 Å². The van der Waals surface area contributed by atoms with E-state index < -0.39 is 0 Å². The first-order valence-corrected chi connectivity index (χ1v) is 5.63. The number of para-hydroxylation sites is 2. The van der Waals surface area contributed by atoms with Gasteiger partial charge >= 0.3 is 0 Å². The lowest BCUT2D eigenvalue weighted by atomic mass is 10.3. The van der Waals surface area contributed by atoms with E-state index in [4.69, 9.17) is 4.42 Å². The van der Waals surface area contributed by atoms with Crippen LogP contribution in [0, 0.1) is 0 Å². The number of rotatable bonds is 4. The number of benzene rings is 1. The smallest absolute Gasteiger partial charge is 0.201 e. The number of nitrogens with one attached hydrogen (secondary N) is 2. The Balaban J connectivity index is 1.65. The highest BCUT2D eigenvalue weighted by Crippen LogP contribution is 2.13. The maximum absolute atomic E-state index is 5.26. The van der Waals surface area contributed by atoms with E-state index in [1.807, 2.05) is 36.4 Å². The Morgan fingerprint density at radius 1 is 1.18 bits per heavy atom. The topological polar surface area (TPSA) is 53.9 Å². The van der Waals surface area contributed by atoms with Crippen molar-refractivity contribution in [2.45, 2.75) is 6.42 Å². The van der Waals surface area contributed by atoms with Crippen LogP contribution in [-0.2, 0) is 6.42 Å². The number of anilines is 1. The fraction of sp³-hybridized carbons (Fsp3) is 0.154. The third-order valence-corrected chi connectivity index (χ3v) is 2.63. The molecule has 17 heavy (non-hydrogen) atoms. The summed E-state index contributed by atoms with van der Waals surface area (Å²) in [4.78, 5) is 7.66. The molecule has 0 aliphatic carbocycles. The first-order valence-electron chi connectivity index (χ1n) is 5.63. The predicted molar refractivity (Wildman–Crippen MR) is 67.0 cm³/mol. The van der Waals surface area contributed by atoms with E-state index in [0.29, 0.717) is 0 Å². The van der Waals surface area contributed by atoms with Gasteiger partial charge in [-0.1, -0.05) is 12.1 Å². The van der Waals surface area contributed by atoms with Gasteiger partial charge in [0.05, 0.1) is 17.3 Å². The number of imidazole rings is 1. The fourth-order valence-electron chi connectivity index (χ4n) is 1.80. The molecule has 2 aromatic heterocycles. The van der Waals surface area contributed by atoms with E-state index in [9.17, 15) is 0 Å². The first-order chi connectivity index (χ1) is 8.42. The Kier molecular flexibility index (Phi) is 2.54. The van der Waals surface area contributed by atoms with Gasteiger partial charge in [0.25, 0.3) is 0 Å². The van der Waals surface area contributed by atoms with Crippen molar-refractivity contribution < 1.29 is 4.42 Å². The summed E-state index contributed by atoms with van der Waals surface area (Å²) in [7, 11) is 0. The van der Waals surface area contributed by atoms with Crippen molar-refractivity contribution in [3.05, 3.63) is 48.4 Å². The van der Waals surface area contributed by atoms with Gasteiger partial charge in [-0.2, -0.15) is 0 Å². The summed E-state index contributed by atoms with van der Waals surface area (Å²) in [6.07, 6.45) is 2.54. The molecule has 0 fully saturated rings. The van der Waals surface area contributed by atoms with E-state index in [1.54, 1.807) is 6.26 Å². The lowest BCUT2D eigenvalue weighted by Crippen LogP contribution is -2.05. The Morgan fingerprint density at radius 3 is 2.94 bits per heavy atom. The number of nitrogens with zero attached hydrogens (tertiary/aromatic N) is 1. The summed E-state index contributed by atoms with van der Waals surface area (Å²) < 4.78 is 5.26. The van der Waals surface area contributed by atoms with Crippen molar-refractivity contribution in [3.8, 4) is 0 Å². The van der Waals surface area contributed by atoms with Crippen LogP contribution in [0.25, 0.3) is 11.0 Å². The molecule has 0 atom stereocenters. The Labute approximate surface area is 98.7 Å². The molecule has 0 unspecified atom stereocenters. The summed E-state index contributed by atoms with van der Waals surface area (Å²) in [6, 6.07) is 11.9. The van der Waals surface area contributed by atoms with E-state index >= 15 is 0 Å². The molecule has 86 valence electrons. The molecular weight excluding hydrogens is 214 g/mol. The minimum Gasteiger partial charge on any atom is -0.469 e. The van der Waals surface area contributed by atoms with Crippen molar-refractivity contribution in [1.82, 2.24) is 9.97 Å². The van der Waals surface area contributed by atoms with E-state index in [2.05, 4.69) is 15.3 Å². The number of H-pyrrole nitrogens is 1. The maximum atomic E-state index is 5.26. The van der Waals surface area contributed by atoms with Crippen LogP contribution in [0.5, 0.6) is 0 Å². The molecular formula is C13H13N3O. The monoisotopic (exact) mass is 227 g/mol. The number of aromatic amines is 1. The van der Waals surface area contributed by atoms with Crippen LogP contribution in [0.1, 0.15) is 5.76 Å². The standard InChI is InChI=1S/C13H13N3O/c1-2-6-12-11(5-1)15-13(16-12)14-8-7-10-4-3-9-17-10/h1-6,9H,7-8H2,(H2,14,15,16). The van der Waals surface area contributed by atoms with Crippen LogP contribution < -0.4 is 5.32 Å². The highest BCUT2D eigenvalue weighted by molar-refractivity contribution is 5.77. The molecule has 0 aliphatic heterocycles. The normalized spacial score (nSPS) is 10.8. The van der Waals surface area contributed by atoms with Gasteiger partial charge in [-0.25, -0.2) is 4.98 Å². The molecule has 0 saturated heterocycles. The van der Waals surface area contributed by atoms with E-state index in [0.717, 1.165) is 35.7 Å². The van der Waals surface area contributed by atoms with Crippen molar-refractivity contribution in [2.24, 2.45) is 0 Å². The maximum Gasteiger partial charge on any atom is 0.201 e. The highest BCUT2D eigenvalue weighted by atomic mass is 16.3. The third kappa shape index (κ3) is 2.15. The van der Waals surface area contributed by atoms with Crippen molar-refractivity contribution in [3.63, 3.8) is 0 Å². The average Bonchev–Trinajstić information content (AvgIpc) is 2.96. The molecule has 0 saturated carbocycles. The zero-order chi connectivity index (χ0) is 11.5. The minimum absolute atomic E-state index is 0.799. The molecule has 0 amide bonds. The lowest BCUT2D eigenvalue weighted by Gasteiger charge is -1.99. The molecule has 0 radical (unpaired) electrons. The Morgan fingerprint density at radius 2 is 2.12 bits per heavy atom. The van der Waals surface area contributed by atoms with Crippen molar-refractivity contribution >= 4 is 17.0 Å². The predicted octanol–water partition coefficient (Wildman–Crippen LogP) is 2.81. The van der Waals surface area contributed by atoms with Gasteiger partial charge in [0.15, 0.2) is 0 Å². The van der Waals surface area contributed by atoms with Crippen LogP contribution >= 0.6 is 0 Å². The van der Waals surface area contributed by atoms with Gasteiger partial charge in [-0.3, -0.25) is 0 Å². The van der Waals surface area contributed by atoms with Gasteiger partial charge in [0, 0.05) is 13.0 Å². The highest BCUT2D eigenvalue weighted by Gasteiger charge is 2.01. The quantitative estimate of drug-likeness (QED) is 0.720. The Hall–Kier alpha value is -2.23. The van der Waals surface area contributed by atoms with Gasteiger partial charge in [0.2, 0.25) is 5.95 Å². The van der Waals surface area contributed by atoms with Crippen molar-refractivity contribution in [2.75, 3.05) is 11.9 Å². The average molecular weight is 227 g/mol. The summed E-state index contributed by atoms with van der Waals surface area (Å²) >= 11 is 0. The van der Waals surface area contributed by atoms with Crippen LogP contribution in [0.3, 0.4) is 0 Å². The second-order valence-electron chi connectivity index (χ2n) is 3.86. The van der Waals surface area contributed by atoms with E-state index in [1.165, 1.54) is 0 Å². The van der Waals surface area contributed by atoms with E-state index in [-0.39, 0.29) is 0 Å². The minimum atomic E-state index is 0.799. The molecule has 0 spiro atoms. The van der Waals surface area contributed by atoms with Crippen molar-refractivity contribution in [1.29, 1.82) is 0 Å². The van der Waals surface area contributed by atoms with Gasteiger partial charge in [-0.05, 0) is 24.3 Å². The zero-order valence-corrected chi connectivity index (χ0v) is 9.31. The number of aromatic nitrogens is 2. The molecule has 2 N–H and O–H groups in total. The number of hydrogen-bond acceptors (Lipinski definition) is 3. The SMILES string of the molecule is c1coc(CCNc2nc3ccccc3[nH]2)c1. The van der Waals surface area contributed by atoms with Gasteiger partial charge in [-0.15, -0.1) is 0 Å². The molecule has 4 heteroatoms. The largest absolute Gasteiger partial charge is 0.469 e. The zero-order valence-electron chi connectivity index (χ0n) is 9.31. The van der Waals surface area contributed by atoms with Gasteiger partial charge in [0.1, 0.15) is 5.76 Å². The third-order valence-electron chi connectivity index (χ3n) is 2.63. The lowest BCUT2D eigenvalue weighted by molar-refractivity contribution is 0.513. The van der Waals surface area contributed by atoms with Crippen LogP contribution in [0.15, 0.2) is 47.1 Å². The van der Waals surface area contributed by atoms with Crippen LogP contribution in [0.2, 0.25) is 0 Å². The molecule has 3 aromatic rings. The summed E-state index contributed by atoms with van der Waals surface area (Å²) in [5.41, 5.74) is 2.03. The van der Waals surface area contributed by atoms with Crippen LogP contribution in [0.4, 0.5) is 5.95 Å². The molecule has 1 aromatic carbocycles. The first kappa shape index (κ1) is 9.96. The molecule has 0 bridgehead atoms. The number of fused-ring (bicyclic) bond motifs is 1. The fourth-order valence-corrected chi connectivity index (χ4v) is 1.80. The second kappa shape index (κ2) is 4.33. The Bertz CT molecular complexity index is 565. The summed E-state index contributed by atoms with van der Waals surface area (Å²) in [5, 5.41) is 3.25. The molecule has 3 rings (SSSR count). The molecule has 4 nitrogen and oxygen atoms in total. The number of furan rings is 1. The second-order valence-corrected chi connectivity index (χ2v) is 3.86. The number of hydrogen-bond donors (Lipinski definition) is 2. The summed E-state index contributed by atoms with van der Waals surface area (Å²) in [6.45, 7) is 0.799. The molecule has 0 aliphatic rings. The molecule has 2 heterocycles.